The molecule has 0 radical (unpaired) electrons. The SMILES string of the molecule is COc1cc(-c2ccc(C(C)(C)C)cc2)ccc1N. The minimum Gasteiger partial charge on any atom is -0.495 e. The number of nitrogens with two attached hydrogens (primary N) is 1. The van der Waals surface area contributed by atoms with Crippen molar-refractivity contribution in [2.45, 2.75) is 26.2 Å². The fourth-order valence-corrected chi connectivity index (χ4v) is 2.05. The maximum atomic E-state index is 5.83. The molecule has 2 aromatic carbocycles. The van der Waals surface area contributed by atoms with Gasteiger partial charge in [-0.05, 0) is 34.2 Å². The third kappa shape index (κ3) is 2.90. The van der Waals surface area contributed by atoms with Gasteiger partial charge in [-0.3, -0.25) is 0 Å². The molecule has 0 atom stereocenters. The molecule has 0 unspecified atom stereocenters. The molecule has 0 saturated heterocycles. The van der Waals surface area contributed by atoms with E-state index in [0.717, 1.165) is 11.3 Å². The van der Waals surface area contributed by atoms with Crippen LogP contribution in [-0.2, 0) is 5.41 Å². The molecule has 0 spiro atoms. The van der Waals surface area contributed by atoms with Gasteiger partial charge in [-0.2, -0.15) is 0 Å². The van der Waals surface area contributed by atoms with Crippen molar-refractivity contribution in [1.82, 2.24) is 0 Å². The Morgan fingerprint density at radius 3 is 2.00 bits per heavy atom. The number of anilines is 1. The average molecular weight is 255 g/mol. The fraction of sp³-hybridized carbons (Fsp3) is 0.294. The highest BCUT2D eigenvalue weighted by atomic mass is 16.5. The number of methoxy groups -OCH3 is 1. The number of hydrogen-bond donors (Lipinski definition) is 1. The second kappa shape index (κ2) is 4.96. The van der Waals surface area contributed by atoms with E-state index in [0.29, 0.717) is 5.69 Å². The summed E-state index contributed by atoms with van der Waals surface area (Å²) in [6.45, 7) is 6.65. The molecule has 2 aromatic rings. The van der Waals surface area contributed by atoms with Crippen LogP contribution in [0.5, 0.6) is 5.75 Å². The van der Waals surface area contributed by atoms with Crippen molar-refractivity contribution in [3.63, 3.8) is 0 Å². The molecule has 0 heterocycles. The molecule has 2 N–H and O–H groups in total. The van der Waals surface area contributed by atoms with E-state index >= 15 is 0 Å². The molecule has 2 nitrogen and oxygen atoms in total. The standard InChI is InChI=1S/C17H21NO/c1-17(2,3)14-8-5-12(6-9-14)13-7-10-15(18)16(11-13)19-4/h5-11H,18H2,1-4H3. The second-order valence-electron chi connectivity index (χ2n) is 5.78. The van der Waals surface area contributed by atoms with Crippen molar-refractivity contribution in [2.75, 3.05) is 12.8 Å². The molecule has 0 aliphatic carbocycles. The molecule has 0 bridgehead atoms. The molecule has 0 amide bonds. The third-order valence-electron chi connectivity index (χ3n) is 3.32. The molecule has 0 saturated carbocycles. The van der Waals surface area contributed by atoms with Gasteiger partial charge in [0, 0.05) is 0 Å². The summed E-state index contributed by atoms with van der Waals surface area (Å²) in [5, 5.41) is 0. The average Bonchev–Trinajstić information content (AvgIpc) is 2.38. The van der Waals surface area contributed by atoms with Gasteiger partial charge in [-0.15, -0.1) is 0 Å². The summed E-state index contributed by atoms with van der Waals surface area (Å²) in [6.07, 6.45) is 0. The van der Waals surface area contributed by atoms with Crippen molar-refractivity contribution in [1.29, 1.82) is 0 Å². The Kier molecular flexibility index (Phi) is 3.52. The Balaban J connectivity index is 2.37. The van der Waals surface area contributed by atoms with E-state index in [1.807, 2.05) is 18.2 Å². The lowest BCUT2D eigenvalue weighted by Gasteiger charge is -2.19. The number of hydrogen-bond acceptors (Lipinski definition) is 2. The highest BCUT2D eigenvalue weighted by Crippen LogP contribution is 2.30. The van der Waals surface area contributed by atoms with Gasteiger partial charge < -0.3 is 10.5 Å². The van der Waals surface area contributed by atoms with E-state index in [1.165, 1.54) is 11.1 Å². The summed E-state index contributed by atoms with van der Waals surface area (Å²) in [7, 11) is 1.64. The number of rotatable bonds is 2. The van der Waals surface area contributed by atoms with Crippen molar-refractivity contribution in [3.05, 3.63) is 48.0 Å². The Morgan fingerprint density at radius 2 is 1.47 bits per heavy atom. The van der Waals surface area contributed by atoms with E-state index in [9.17, 15) is 0 Å². The Hall–Kier alpha value is -1.96. The van der Waals surface area contributed by atoms with Gasteiger partial charge in [-0.25, -0.2) is 0 Å². The van der Waals surface area contributed by atoms with Crippen LogP contribution in [0.3, 0.4) is 0 Å². The zero-order valence-electron chi connectivity index (χ0n) is 12.0. The first-order valence-electron chi connectivity index (χ1n) is 6.46. The van der Waals surface area contributed by atoms with Gasteiger partial charge in [0.1, 0.15) is 5.75 Å². The zero-order chi connectivity index (χ0) is 14.0. The lowest BCUT2D eigenvalue weighted by molar-refractivity contribution is 0.417. The van der Waals surface area contributed by atoms with Crippen LogP contribution in [0.15, 0.2) is 42.5 Å². The summed E-state index contributed by atoms with van der Waals surface area (Å²) >= 11 is 0. The van der Waals surface area contributed by atoms with E-state index in [2.05, 4.69) is 45.0 Å². The molecule has 2 heteroatoms. The lowest BCUT2D eigenvalue weighted by Crippen LogP contribution is -2.10. The maximum Gasteiger partial charge on any atom is 0.142 e. The first kappa shape index (κ1) is 13.5. The van der Waals surface area contributed by atoms with Gasteiger partial charge in [0.05, 0.1) is 12.8 Å². The van der Waals surface area contributed by atoms with Crippen LogP contribution in [0.25, 0.3) is 11.1 Å². The minimum absolute atomic E-state index is 0.178. The van der Waals surface area contributed by atoms with Gasteiger partial charge in [0.25, 0.3) is 0 Å². The van der Waals surface area contributed by atoms with Crippen LogP contribution >= 0.6 is 0 Å². The monoisotopic (exact) mass is 255 g/mol. The van der Waals surface area contributed by atoms with Gasteiger partial charge in [0.2, 0.25) is 0 Å². The first-order valence-corrected chi connectivity index (χ1v) is 6.46. The molecule has 0 aromatic heterocycles. The molecular weight excluding hydrogens is 234 g/mol. The minimum atomic E-state index is 0.178. The molecule has 0 aliphatic heterocycles. The highest BCUT2D eigenvalue weighted by Gasteiger charge is 2.13. The van der Waals surface area contributed by atoms with E-state index in [1.54, 1.807) is 7.11 Å². The molecular formula is C17H21NO. The zero-order valence-corrected chi connectivity index (χ0v) is 12.0. The maximum absolute atomic E-state index is 5.83. The summed E-state index contributed by atoms with van der Waals surface area (Å²) < 4.78 is 5.26. The Labute approximate surface area is 115 Å². The van der Waals surface area contributed by atoms with Crippen LogP contribution in [0, 0.1) is 0 Å². The quantitative estimate of drug-likeness (QED) is 0.814. The predicted molar refractivity (Wildman–Crippen MR) is 81.5 cm³/mol. The largest absolute Gasteiger partial charge is 0.495 e. The Morgan fingerprint density at radius 1 is 0.895 bits per heavy atom. The lowest BCUT2D eigenvalue weighted by atomic mass is 9.86. The molecule has 2 rings (SSSR count). The van der Waals surface area contributed by atoms with Crippen molar-refractivity contribution < 1.29 is 4.74 Å². The first-order chi connectivity index (χ1) is 8.91. The van der Waals surface area contributed by atoms with E-state index in [4.69, 9.17) is 10.5 Å². The molecule has 100 valence electrons. The van der Waals surface area contributed by atoms with Crippen LogP contribution in [-0.4, -0.2) is 7.11 Å². The third-order valence-corrected chi connectivity index (χ3v) is 3.32. The van der Waals surface area contributed by atoms with Crippen LogP contribution in [0.2, 0.25) is 0 Å². The molecule has 19 heavy (non-hydrogen) atoms. The summed E-state index contributed by atoms with van der Waals surface area (Å²) in [5.41, 5.74) is 10.3. The van der Waals surface area contributed by atoms with E-state index in [-0.39, 0.29) is 5.41 Å². The van der Waals surface area contributed by atoms with Gasteiger partial charge >= 0.3 is 0 Å². The number of nitrogen functional groups attached to an aromatic ring is 1. The number of benzene rings is 2. The van der Waals surface area contributed by atoms with Crippen molar-refractivity contribution >= 4 is 5.69 Å². The Bertz CT molecular complexity index is 565. The summed E-state index contributed by atoms with van der Waals surface area (Å²) in [6, 6.07) is 14.5. The van der Waals surface area contributed by atoms with Crippen molar-refractivity contribution in [2.24, 2.45) is 0 Å². The van der Waals surface area contributed by atoms with Gasteiger partial charge in [-0.1, -0.05) is 51.1 Å². The molecule has 0 fully saturated rings. The summed E-state index contributed by atoms with van der Waals surface area (Å²) in [4.78, 5) is 0. The highest BCUT2D eigenvalue weighted by molar-refractivity contribution is 5.70. The van der Waals surface area contributed by atoms with Crippen LogP contribution < -0.4 is 10.5 Å². The van der Waals surface area contributed by atoms with Crippen molar-refractivity contribution in [3.8, 4) is 16.9 Å². The smallest absolute Gasteiger partial charge is 0.142 e. The second-order valence-corrected chi connectivity index (χ2v) is 5.78. The van der Waals surface area contributed by atoms with Gasteiger partial charge in [0.15, 0.2) is 0 Å². The molecule has 0 aliphatic rings. The normalized spacial score (nSPS) is 11.4. The number of ether oxygens (including phenoxy) is 1. The summed E-state index contributed by atoms with van der Waals surface area (Å²) in [5.74, 6) is 0.720. The fourth-order valence-electron chi connectivity index (χ4n) is 2.05. The van der Waals surface area contributed by atoms with Crippen LogP contribution in [0.1, 0.15) is 26.3 Å². The topological polar surface area (TPSA) is 35.2 Å². The van der Waals surface area contributed by atoms with E-state index < -0.39 is 0 Å². The van der Waals surface area contributed by atoms with Crippen LogP contribution in [0.4, 0.5) is 5.69 Å². The predicted octanol–water partition coefficient (Wildman–Crippen LogP) is 4.24.